The van der Waals surface area contributed by atoms with Gasteiger partial charge >= 0.3 is 0 Å². The number of hydrogen-bond acceptors (Lipinski definition) is 2. The van der Waals surface area contributed by atoms with Crippen LogP contribution in [0.2, 0.25) is 0 Å². The molecule has 0 radical (unpaired) electrons. The summed E-state index contributed by atoms with van der Waals surface area (Å²) in [5.41, 5.74) is 2.43. The molecular formula is C11H16N2. The normalized spacial score (nSPS) is 28.8. The second-order valence-electron chi connectivity index (χ2n) is 2.82. The van der Waals surface area contributed by atoms with Crippen LogP contribution >= 0.6 is 0 Å². The molecule has 0 spiro atoms. The van der Waals surface area contributed by atoms with E-state index in [0.717, 1.165) is 12.2 Å². The highest BCUT2D eigenvalue weighted by Crippen LogP contribution is 2.07. The van der Waals surface area contributed by atoms with Crippen molar-refractivity contribution in [1.82, 2.24) is 10.6 Å². The van der Waals surface area contributed by atoms with E-state index in [2.05, 4.69) is 22.8 Å². The zero-order chi connectivity index (χ0) is 9.52. The van der Waals surface area contributed by atoms with E-state index in [1.165, 1.54) is 5.57 Å². The molecule has 0 heterocycles. The van der Waals surface area contributed by atoms with Gasteiger partial charge in [-0.05, 0) is 18.7 Å². The predicted molar refractivity (Wildman–Crippen MR) is 57.4 cm³/mol. The highest BCUT2D eigenvalue weighted by Gasteiger charge is 2.00. The second kappa shape index (κ2) is 5.38. The molecule has 0 unspecified atom stereocenters. The van der Waals surface area contributed by atoms with Gasteiger partial charge in [0.15, 0.2) is 0 Å². The Bertz CT molecular complexity index is 270. The first-order valence-electron chi connectivity index (χ1n) is 4.45. The van der Waals surface area contributed by atoms with E-state index >= 15 is 0 Å². The molecule has 0 fully saturated rings. The van der Waals surface area contributed by atoms with E-state index in [4.69, 9.17) is 0 Å². The summed E-state index contributed by atoms with van der Waals surface area (Å²) in [7, 11) is 3.89. The van der Waals surface area contributed by atoms with Gasteiger partial charge in [-0.1, -0.05) is 30.4 Å². The van der Waals surface area contributed by atoms with Crippen LogP contribution in [0.25, 0.3) is 0 Å². The Hall–Kier alpha value is -1.28. The van der Waals surface area contributed by atoms with Crippen LogP contribution in [-0.2, 0) is 0 Å². The van der Waals surface area contributed by atoms with Crippen molar-refractivity contribution in [1.29, 1.82) is 0 Å². The van der Waals surface area contributed by atoms with Crippen molar-refractivity contribution in [3.8, 4) is 0 Å². The number of allylic oxidation sites excluding steroid dienone is 6. The van der Waals surface area contributed by atoms with Crippen LogP contribution in [0, 0.1) is 0 Å². The SMILES string of the molecule is CNCC1=C/C=C\C=C/C=C\1NC. The minimum Gasteiger partial charge on any atom is -0.388 e. The van der Waals surface area contributed by atoms with Crippen LogP contribution in [0.5, 0.6) is 0 Å². The van der Waals surface area contributed by atoms with Gasteiger partial charge in [0, 0.05) is 19.3 Å². The summed E-state index contributed by atoms with van der Waals surface area (Å²) >= 11 is 0. The standard InChI is InChI=1S/C11H16N2/c1-12-9-10-7-5-3-4-6-8-11(10)13-2/h3-8,12-13H,9H2,1-2H3/b4-3?,5-3-,6-4-,7-5?,8-6?,10-7-,11-8+,11-10?. The summed E-state index contributed by atoms with van der Waals surface area (Å²) < 4.78 is 0. The second-order valence-corrected chi connectivity index (χ2v) is 2.82. The van der Waals surface area contributed by atoms with Gasteiger partial charge in [-0.2, -0.15) is 0 Å². The molecule has 0 aromatic carbocycles. The Balaban J connectivity index is 2.84. The van der Waals surface area contributed by atoms with Crippen molar-refractivity contribution in [3.05, 3.63) is 47.7 Å². The molecule has 0 saturated heterocycles. The molecule has 0 saturated carbocycles. The maximum absolute atomic E-state index is 3.17. The van der Waals surface area contributed by atoms with Crippen molar-refractivity contribution in [2.45, 2.75) is 0 Å². The van der Waals surface area contributed by atoms with E-state index in [1.54, 1.807) is 0 Å². The van der Waals surface area contributed by atoms with Gasteiger partial charge < -0.3 is 10.6 Å². The number of rotatable bonds is 3. The van der Waals surface area contributed by atoms with Crippen LogP contribution < -0.4 is 10.6 Å². The Morgan fingerprint density at radius 2 is 1.69 bits per heavy atom. The molecule has 1 aliphatic rings. The number of likely N-dealkylation sites (N-methyl/N-ethyl adjacent to an activating group) is 2. The average molecular weight is 176 g/mol. The van der Waals surface area contributed by atoms with E-state index in [1.807, 2.05) is 38.4 Å². The number of hydrogen-bond donors (Lipinski definition) is 2. The van der Waals surface area contributed by atoms with Crippen molar-refractivity contribution >= 4 is 0 Å². The monoisotopic (exact) mass is 176 g/mol. The Morgan fingerprint density at radius 3 is 2.31 bits per heavy atom. The zero-order valence-electron chi connectivity index (χ0n) is 8.17. The summed E-state index contributed by atoms with van der Waals surface area (Å²) in [6.07, 6.45) is 12.3. The maximum Gasteiger partial charge on any atom is 0.0383 e. The first-order valence-corrected chi connectivity index (χ1v) is 4.45. The lowest BCUT2D eigenvalue weighted by Crippen LogP contribution is -2.18. The molecule has 1 aliphatic carbocycles. The van der Waals surface area contributed by atoms with Gasteiger partial charge in [-0.3, -0.25) is 0 Å². The van der Waals surface area contributed by atoms with Gasteiger partial charge in [-0.15, -0.1) is 0 Å². The molecular weight excluding hydrogens is 160 g/mol. The largest absolute Gasteiger partial charge is 0.388 e. The van der Waals surface area contributed by atoms with Gasteiger partial charge in [0.05, 0.1) is 0 Å². The van der Waals surface area contributed by atoms with Crippen LogP contribution in [-0.4, -0.2) is 20.6 Å². The van der Waals surface area contributed by atoms with Gasteiger partial charge in [0.2, 0.25) is 0 Å². The molecule has 2 N–H and O–H groups in total. The highest BCUT2D eigenvalue weighted by atomic mass is 14.9. The summed E-state index contributed by atoms with van der Waals surface area (Å²) in [6, 6.07) is 0. The fraction of sp³-hybridized carbons (Fsp3) is 0.273. The molecule has 2 heteroatoms. The quantitative estimate of drug-likeness (QED) is 0.678. The fourth-order valence-corrected chi connectivity index (χ4v) is 1.24. The predicted octanol–water partition coefficient (Wildman–Crippen LogP) is 1.36. The molecule has 70 valence electrons. The third-order valence-corrected chi connectivity index (χ3v) is 1.88. The average Bonchev–Trinajstić information content (AvgIpc) is 2.10. The van der Waals surface area contributed by atoms with E-state index in [9.17, 15) is 0 Å². The summed E-state index contributed by atoms with van der Waals surface area (Å²) in [5.74, 6) is 0. The molecule has 1 rings (SSSR count). The third kappa shape index (κ3) is 2.92. The minimum absolute atomic E-state index is 0.880. The topological polar surface area (TPSA) is 24.1 Å². The summed E-state index contributed by atoms with van der Waals surface area (Å²) in [4.78, 5) is 0. The van der Waals surface area contributed by atoms with Crippen molar-refractivity contribution in [2.75, 3.05) is 20.6 Å². The molecule has 0 atom stereocenters. The lowest BCUT2D eigenvalue weighted by molar-refractivity contribution is 0.856. The Labute approximate surface area is 79.7 Å². The van der Waals surface area contributed by atoms with Gasteiger partial charge in [0.25, 0.3) is 0 Å². The molecule has 0 aromatic rings. The lowest BCUT2D eigenvalue weighted by atomic mass is 10.1. The third-order valence-electron chi connectivity index (χ3n) is 1.88. The smallest absolute Gasteiger partial charge is 0.0383 e. The lowest BCUT2D eigenvalue weighted by Gasteiger charge is -2.11. The molecule has 0 amide bonds. The van der Waals surface area contributed by atoms with Crippen LogP contribution in [0.15, 0.2) is 47.7 Å². The molecule has 0 aliphatic heterocycles. The van der Waals surface area contributed by atoms with E-state index in [-0.39, 0.29) is 0 Å². The van der Waals surface area contributed by atoms with Crippen LogP contribution in [0.3, 0.4) is 0 Å². The maximum atomic E-state index is 3.17. The van der Waals surface area contributed by atoms with E-state index in [0.29, 0.717) is 0 Å². The Kier molecular flexibility index (Phi) is 4.06. The van der Waals surface area contributed by atoms with Crippen LogP contribution in [0.4, 0.5) is 0 Å². The minimum atomic E-state index is 0.880. The van der Waals surface area contributed by atoms with Crippen molar-refractivity contribution in [2.24, 2.45) is 0 Å². The molecule has 0 aromatic heterocycles. The van der Waals surface area contributed by atoms with Gasteiger partial charge in [0.1, 0.15) is 0 Å². The van der Waals surface area contributed by atoms with Gasteiger partial charge in [-0.25, -0.2) is 0 Å². The number of nitrogens with one attached hydrogen (secondary N) is 2. The first-order chi connectivity index (χ1) is 6.38. The van der Waals surface area contributed by atoms with Crippen LogP contribution in [0.1, 0.15) is 0 Å². The zero-order valence-corrected chi connectivity index (χ0v) is 8.17. The fourth-order valence-electron chi connectivity index (χ4n) is 1.24. The Morgan fingerprint density at radius 1 is 1.00 bits per heavy atom. The van der Waals surface area contributed by atoms with E-state index < -0.39 is 0 Å². The molecule has 13 heavy (non-hydrogen) atoms. The van der Waals surface area contributed by atoms with Crippen molar-refractivity contribution in [3.63, 3.8) is 0 Å². The molecule has 0 bridgehead atoms. The summed E-state index contributed by atoms with van der Waals surface area (Å²) in [5, 5.41) is 6.32. The first kappa shape index (κ1) is 9.81. The summed E-state index contributed by atoms with van der Waals surface area (Å²) in [6.45, 7) is 0.880. The van der Waals surface area contributed by atoms with Crippen molar-refractivity contribution < 1.29 is 0 Å². The molecule has 2 nitrogen and oxygen atoms in total. The highest BCUT2D eigenvalue weighted by molar-refractivity contribution is 5.38.